The lowest BCUT2D eigenvalue weighted by Crippen LogP contribution is -2.16. The Hall–Kier alpha value is -2.90. The first-order valence-corrected chi connectivity index (χ1v) is 10.1. The van der Waals surface area contributed by atoms with E-state index in [1.807, 2.05) is 31.1 Å². The second kappa shape index (κ2) is 8.23. The summed E-state index contributed by atoms with van der Waals surface area (Å²) >= 11 is 1.25. The Kier molecular flexibility index (Phi) is 5.91. The predicted molar refractivity (Wildman–Crippen MR) is 118 cm³/mol. The maximum atomic E-state index is 12.8. The molecule has 1 aromatic heterocycles. The van der Waals surface area contributed by atoms with Crippen LogP contribution in [0.4, 0.5) is 5.00 Å². The van der Waals surface area contributed by atoms with E-state index in [0.717, 1.165) is 10.3 Å². The molecule has 0 aliphatic rings. The zero-order valence-electron chi connectivity index (χ0n) is 16.9. The van der Waals surface area contributed by atoms with E-state index in [-0.39, 0.29) is 17.2 Å². The van der Waals surface area contributed by atoms with Gasteiger partial charge in [0.05, 0.1) is 5.56 Å². The largest absolute Gasteiger partial charge is 0.508 e. The third kappa shape index (κ3) is 4.26. The molecule has 0 fully saturated rings. The van der Waals surface area contributed by atoms with Crippen molar-refractivity contribution in [3.63, 3.8) is 0 Å². The standard InChI is InChI=1S/C22H25N3O3S/c1-12(2)13-5-7-14(8-6-13)21(28)24-22-18(20(23)27)15-9-10-17(26)16(11-25(3)4)19(15)29-22/h5-10,12,26H,11H2,1-4H3,(H2,23,27)(H,24,28). The van der Waals surface area contributed by atoms with Crippen LogP contribution in [0.15, 0.2) is 36.4 Å². The summed E-state index contributed by atoms with van der Waals surface area (Å²) < 4.78 is 0.734. The van der Waals surface area contributed by atoms with E-state index in [2.05, 4.69) is 19.2 Å². The number of nitrogens with two attached hydrogens (primary N) is 1. The van der Waals surface area contributed by atoms with Crippen molar-refractivity contribution in [2.24, 2.45) is 5.73 Å². The summed E-state index contributed by atoms with van der Waals surface area (Å²) in [5, 5.41) is 14.1. The molecule has 0 saturated carbocycles. The summed E-state index contributed by atoms with van der Waals surface area (Å²) in [5.74, 6) is -0.416. The summed E-state index contributed by atoms with van der Waals surface area (Å²) in [6.07, 6.45) is 0. The smallest absolute Gasteiger partial charge is 0.256 e. The van der Waals surface area contributed by atoms with Gasteiger partial charge in [-0.2, -0.15) is 0 Å². The summed E-state index contributed by atoms with van der Waals surface area (Å²) in [5.41, 5.74) is 8.23. The van der Waals surface area contributed by atoms with Gasteiger partial charge in [0.2, 0.25) is 0 Å². The van der Waals surface area contributed by atoms with Crippen LogP contribution in [-0.4, -0.2) is 35.9 Å². The summed E-state index contributed by atoms with van der Waals surface area (Å²) in [7, 11) is 3.79. The predicted octanol–water partition coefficient (Wildman–Crippen LogP) is 4.14. The Morgan fingerprint density at radius 3 is 2.34 bits per heavy atom. The van der Waals surface area contributed by atoms with E-state index in [4.69, 9.17) is 5.73 Å². The second-order valence-corrected chi connectivity index (χ2v) is 8.60. The second-order valence-electron chi connectivity index (χ2n) is 7.58. The topological polar surface area (TPSA) is 95.7 Å². The third-order valence-corrected chi connectivity index (χ3v) is 5.90. The van der Waals surface area contributed by atoms with Crippen molar-refractivity contribution in [3.05, 3.63) is 58.7 Å². The molecule has 152 valence electrons. The van der Waals surface area contributed by atoms with Gasteiger partial charge in [-0.3, -0.25) is 9.59 Å². The molecule has 7 heteroatoms. The van der Waals surface area contributed by atoms with E-state index in [0.29, 0.717) is 34.0 Å². The van der Waals surface area contributed by atoms with E-state index in [1.165, 1.54) is 11.3 Å². The minimum absolute atomic E-state index is 0.144. The highest BCUT2D eigenvalue weighted by Gasteiger charge is 2.22. The number of hydrogen-bond donors (Lipinski definition) is 3. The van der Waals surface area contributed by atoms with Gasteiger partial charge in [0.25, 0.3) is 11.8 Å². The maximum Gasteiger partial charge on any atom is 0.256 e. The normalized spacial score (nSPS) is 11.4. The molecule has 3 aromatic rings. The van der Waals surface area contributed by atoms with Crippen molar-refractivity contribution in [1.82, 2.24) is 4.90 Å². The SMILES string of the molecule is CC(C)c1ccc(C(=O)Nc2sc3c(CN(C)C)c(O)ccc3c2C(N)=O)cc1. The number of phenolic OH excluding ortho intramolecular Hbond substituents is 1. The van der Waals surface area contributed by atoms with Crippen LogP contribution in [0.3, 0.4) is 0 Å². The van der Waals surface area contributed by atoms with Crippen LogP contribution in [0.2, 0.25) is 0 Å². The van der Waals surface area contributed by atoms with Crippen LogP contribution < -0.4 is 11.1 Å². The first kappa shape index (κ1) is 20.8. The number of aromatic hydroxyl groups is 1. The van der Waals surface area contributed by atoms with Crippen LogP contribution in [0.1, 0.15) is 51.6 Å². The Bertz CT molecular complexity index is 1070. The summed E-state index contributed by atoms with van der Waals surface area (Å²) in [6.45, 7) is 4.67. The van der Waals surface area contributed by atoms with Crippen molar-refractivity contribution in [3.8, 4) is 5.75 Å². The van der Waals surface area contributed by atoms with Gasteiger partial charge < -0.3 is 21.1 Å². The number of amides is 2. The molecule has 2 amide bonds. The highest BCUT2D eigenvalue weighted by Crippen LogP contribution is 2.41. The van der Waals surface area contributed by atoms with Crippen molar-refractivity contribution in [2.75, 3.05) is 19.4 Å². The number of nitrogens with one attached hydrogen (secondary N) is 1. The molecular formula is C22H25N3O3S. The average Bonchev–Trinajstić information content (AvgIpc) is 3.02. The molecule has 0 aliphatic carbocycles. The zero-order chi connectivity index (χ0) is 21.3. The Balaban J connectivity index is 2.03. The first-order valence-electron chi connectivity index (χ1n) is 9.32. The molecule has 0 atom stereocenters. The number of anilines is 1. The number of fused-ring (bicyclic) bond motifs is 1. The van der Waals surface area contributed by atoms with E-state index >= 15 is 0 Å². The Labute approximate surface area is 173 Å². The van der Waals surface area contributed by atoms with Gasteiger partial charge in [0, 0.05) is 27.8 Å². The molecule has 1 heterocycles. The van der Waals surface area contributed by atoms with Gasteiger partial charge >= 0.3 is 0 Å². The lowest BCUT2D eigenvalue weighted by atomic mass is 10.0. The molecule has 3 rings (SSSR count). The fourth-order valence-corrected chi connectivity index (χ4v) is 4.44. The highest BCUT2D eigenvalue weighted by atomic mass is 32.1. The van der Waals surface area contributed by atoms with Crippen LogP contribution in [0.5, 0.6) is 5.75 Å². The van der Waals surface area contributed by atoms with Crippen molar-refractivity contribution >= 4 is 38.2 Å². The molecular weight excluding hydrogens is 386 g/mol. The lowest BCUT2D eigenvalue weighted by molar-refractivity contribution is 0.100. The quantitative estimate of drug-likeness (QED) is 0.568. The third-order valence-electron chi connectivity index (χ3n) is 4.72. The number of rotatable bonds is 6. The summed E-state index contributed by atoms with van der Waals surface area (Å²) in [4.78, 5) is 26.8. The van der Waals surface area contributed by atoms with Gasteiger partial charge in [-0.05, 0) is 49.8 Å². The fourth-order valence-electron chi connectivity index (χ4n) is 3.20. The number of thiophene rings is 1. The maximum absolute atomic E-state index is 12.8. The Morgan fingerprint density at radius 2 is 1.79 bits per heavy atom. The van der Waals surface area contributed by atoms with E-state index in [1.54, 1.807) is 24.3 Å². The fraction of sp³-hybridized carbons (Fsp3) is 0.273. The monoisotopic (exact) mass is 411 g/mol. The number of hydrogen-bond acceptors (Lipinski definition) is 5. The molecule has 6 nitrogen and oxygen atoms in total. The van der Waals surface area contributed by atoms with Crippen LogP contribution >= 0.6 is 11.3 Å². The van der Waals surface area contributed by atoms with Gasteiger partial charge in [-0.25, -0.2) is 0 Å². The van der Waals surface area contributed by atoms with Gasteiger partial charge in [0.1, 0.15) is 10.8 Å². The van der Waals surface area contributed by atoms with Crippen LogP contribution in [0.25, 0.3) is 10.1 Å². The molecule has 0 unspecified atom stereocenters. The van der Waals surface area contributed by atoms with Gasteiger partial charge in [0.15, 0.2) is 0 Å². The van der Waals surface area contributed by atoms with E-state index < -0.39 is 5.91 Å². The Morgan fingerprint density at radius 1 is 1.14 bits per heavy atom. The molecule has 29 heavy (non-hydrogen) atoms. The highest BCUT2D eigenvalue weighted by molar-refractivity contribution is 7.23. The zero-order valence-corrected chi connectivity index (χ0v) is 17.8. The molecule has 2 aromatic carbocycles. The molecule has 0 spiro atoms. The molecule has 0 aliphatic heterocycles. The van der Waals surface area contributed by atoms with Crippen molar-refractivity contribution < 1.29 is 14.7 Å². The molecule has 0 radical (unpaired) electrons. The number of carbonyl (C=O) groups is 2. The molecule has 0 saturated heterocycles. The van der Waals surface area contributed by atoms with Gasteiger partial charge in [-0.15, -0.1) is 11.3 Å². The number of nitrogens with zero attached hydrogens (tertiary/aromatic N) is 1. The number of phenols is 1. The number of primary amides is 1. The lowest BCUT2D eigenvalue weighted by Gasteiger charge is -2.12. The number of benzene rings is 2. The van der Waals surface area contributed by atoms with Gasteiger partial charge in [-0.1, -0.05) is 26.0 Å². The minimum Gasteiger partial charge on any atom is -0.508 e. The minimum atomic E-state index is -0.622. The number of carbonyl (C=O) groups excluding carboxylic acids is 2. The average molecular weight is 412 g/mol. The van der Waals surface area contributed by atoms with Crippen LogP contribution in [0, 0.1) is 0 Å². The van der Waals surface area contributed by atoms with E-state index in [9.17, 15) is 14.7 Å². The van der Waals surface area contributed by atoms with Crippen molar-refractivity contribution in [2.45, 2.75) is 26.3 Å². The molecule has 0 bridgehead atoms. The summed E-state index contributed by atoms with van der Waals surface area (Å²) in [6, 6.07) is 10.6. The molecule has 4 N–H and O–H groups in total. The van der Waals surface area contributed by atoms with Crippen molar-refractivity contribution in [1.29, 1.82) is 0 Å². The first-order chi connectivity index (χ1) is 13.7. The van der Waals surface area contributed by atoms with Crippen LogP contribution in [-0.2, 0) is 6.54 Å².